The molecule has 0 aliphatic heterocycles. The lowest BCUT2D eigenvalue weighted by atomic mass is 10.4. The Morgan fingerprint density at radius 2 is 2.50 bits per heavy atom. The van der Waals surface area contributed by atoms with Gasteiger partial charge in [0.25, 0.3) is 5.91 Å². The zero-order valence-electron chi connectivity index (χ0n) is 7.43. The molecule has 0 atom stereocenters. The minimum Gasteiger partial charge on any atom is -0.289 e. The molecule has 0 saturated carbocycles. The molecule has 72 valence electrons. The van der Waals surface area contributed by atoms with Crippen LogP contribution in [0, 0.1) is 0 Å². The quantitative estimate of drug-likeness (QED) is 0.689. The summed E-state index contributed by atoms with van der Waals surface area (Å²) in [5.74, 6) is 0.0398. The Morgan fingerprint density at radius 3 is 3.07 bits per heavy atom. The average molecular weight is 192 g/mol. The first kappa shape index (κ1) is 8.42. The highest BCUT2D eigenvalue weighted by Crippen LogP contribution is 2.00. The Balaban J connectivity index is 2.14. The summed E-state index contributed by atoms with van der Waals surface area (Å²) < 4.78 is 1.48. The van der Waals surface area contributed by atoms with Gasteiger partial charge in [0.05, 0.1) is 0 Å². The highest BCUT2D eigenvalue weighted by Gasteiger charge is 2.10. The van der Waals surface area contributed by atoms with Gasteiger partial charge >= 0.3 is 0 Å². The van der Waals surface area contributed by atoms with Gasteiger partial charge < -0.3 is 0 Å². The van der Waals surface area contributed by atoms with E-state index in [9.17, 15) is 4.79 Å². The molecule has 0 bridgehead atoms. The van der Waals surface area contributed by atoms with Gasteiger partial charge in [-0.25, -0.2) is 5.10 Å². The first-order valence-corrected chi connectivity index (χ1v) is 3.92. The van der Waals surface area contributed by atoms with Crippen molar-refractivity contribution in [2.45, 2.75) is 0 Å². The number of rotatable bonds is 2. The third-order valence-corrected chi connectivity index (χ3v) is 1.70. The van der Waals surface area contributed by atoms with Crippen LogP contribution in [0.15, 0.2) is 18.6 Å². The van der Waals surface area contributed by atoms with Gasteiger partial charge in [0.15, 0.2) is 0 Å². The molecular weight excluding hydrogens is 184 g/mol. The van der Waals surface area contributed by atoms with Gasteiger partial charge in [0, 0.05) is 13.2 Å². The second-order valence-corrected chi connectivity index (χ2v) is 2.63. The summed E-state index contributed by atoms with van der Waals surface area (Å²) in [6.07, 6.45) is 2.87. The summed E-state index contributed by atoms with van der Waals surface area (Å²) in [7, 11) is 1.69. The number of nitrogens with zero attached hydrogens (tertiary/aromatic N) is 4. The zero-order chi connectivity index (χ0) is 9.97. The number of amides is 1. The normalized spacial score (nSPS) is 10.1. The summed E-state index contributed by atoms with van der Waals surface area (Å²) >= 11 is 0. The summed E-state index contributed by atoms with van der Waals surface area (Å²) in [6, 6.07) is 1.62. The molecule has 0 aliphatic rings. The number of aromatic nitrogens is 5. The molecule has 2 heterocycles. The molecule has 1 amide bonds. The molecule has 2 rings (SSSR count). The summed E-state index contributed by atoms with van der Waals surface area (Å²) in [5, 5.41) is 12.5. The fraction of sp³-hybridized carbons (Fsp3) is 0.143. The SMILES string of the molecule is Cn1nccc1C(=O)Nc1ncn[nH]1. The molecule has 0 fully saturated rings. The molecule has 0 aliphatic carbocycles. The molecule has 0 saturated heterocycles. The number of aromatic amines is 1. The predicted molar refractivity (Wildman–Crippen MR) is 47.5 cm³/mol. The lowest BCUT2D eigenvalue weighted by molar-refractivity contribution is 0.101. The van der Waals surface area contributed by atoms with Crippen molar-refractivity contribution >= 4 is 11.9 Å². The topological polar surface area (TPSA) is 88.5 Å². The van der Waals surface area contributed by atoms with E-state index >= 15 is 0 Å². The van der Waals surface area contributed by atoms with E-state index in [-0.39, 0.29) is 5.91 Å². The number of carbonyl (C=O) groups excluding carboxylic acids is 1. The number of hydrogen-bond acceptors (Lipinski definition) is 4. The molecule has 2 aromatic heterocycles. The maximum Gasteiger partial charge on any atom is 0.276 e. The van der Waals surface area contributed by atoms with Gasteiger partial charge in [-0.05, 0) is 6.07 Å². The molecule has 0 radical (unpaired) electrons. The minimum absolute atomic E-state index is 0.276. The van der Waals surface area contributed by atoms with Crippen LogP contribution in [0.5, 0.6) is 0 Å². The number of carbonyl (C=O) groups is 1. The van der Waals surface area contributed by atoms with Crippen LogP contribution in [0.3, 0.4) is 0 Å². The summed E-state index contributed by atoms with van der Waals surface area (Å²) in [6.45, 7) is 0. The van der Waals surface area contributed by atoms with Gasteiger partial charge in [-0.15, -0.1) is 0 Å². The smallest absolute Gasteiger partial charge is 0.276 e. The summed E-state index contributed by atoms with van der Waals surface area (Å²) in [5.41, 5.74) is 0.460. The maximum absolute atomic E-state index is 11.5. The second-order valence-electron chi connectivity index (χ2n) is 2.63. The molecule has 7 nitrogen and oxygen atoms in total. The van der Waals surface area contributed by atoms with Crippen molar-refractivity contribution in [1.82, 2.24) is 25.0 Å². The Morgan fingerprint density at radius 1 is 1.64 bits per heavy atom. The zero-order valence-corrected chi connectivity index (χ0v) is 7.43. The maximum atomic E-state index is 11.5. The van der Waals surface area contributed by atoms with Crippen molar-refractivity contribution in [2.24, 2.45) is 7.05 Å². The largest absolute Gasteiger partial charge is 0.289 e. The van der Waals surface area contributed by atoms with Crippen LogP contribution in [0.25, 0.3) is 0 Å². The fourth-order valence-electron chi connectivity index (χ4n) is 1.03. The van der Waals surface area contributed by atoms with Crippen molar-refractivity contribution in [3.63, 3.8) is 0 Å². The molecule has 2 aromatic rings. The molecule has 7 heteroatoms. The monoisotopic (exact) mass is 192 g/mol. The van der Waals surface area contributed by atoms with E-state index in [0.29, 0.717) is 11.6 Å². The Bertz CT molecular complexity index is 431. The van der Waals surface area contributed by atoms with E-state index in [2.05, 4.69) is 25.6 Å². The molecule has 0 spiro atoms. The molecule has 0 unspecified atom stereocenters. The van der Waals surface area contributed by atoms with E-state index in [1.165, 1.54) is 11.0 Å². The van der Waals surface area contributed by atoms with E-state index in [1.54, 1.807) is 19.3 Å². The van der Waals surface area contributed by atoms with E-state index in [4.69, 9.17) is 0 Å². The van der Waals surface area contributed by atoms with Crippen LogP contribution >= 0.6 is 0 Å². The second kappa shape index (κ2) is 3.29. The van der Waals surface area contributed by atoms with Crippen LogP contribution in [-0.4, -0.2) is 30.9 Å². The van der Waals surface area contributed by atoms with Crippen molar-refractivity contribution in [1.29, 1.82) is 0 Å². The first-order valence-electron chi connectivity index (χ1n) is 3.92. The number of anilines is 1. The Hall–Kier alpha value is -2.18. The van der Waals surface area contributed by atoms with Crippen molar-refractivity contribution in [2.75, 3.05) is 5.32 Å². The van der Waals surface area contributed by atoms with E-state index in [0.717, 1.165) is 0 Å². The molecule has 14 heavy (non-hydrogen) atoms. The lowest BCUT2D eigenvalue weighted by Gasteiger charge is -2.00. The van der Waals surface area contributed by atoms with Gasteiger partial charge in [-0.2, -0.15) is 15.2 Å². The Labute approximate surface area is 79.2 Å². The third-order valence-electron chi connectivity index (χ3n) is 1.70. The first-order chi connectivity index (χ1) is 6.77. The van der Waals surface area contributed by atoms with E-state index in [1.807, 2.05) is 0 Å². The standard InChI is InChI=1S/C7H8N6O/c1-13-5(2-3-10-13)6(14)11-7-8-4-9-12-7/h2-4H,1H3,(H2,8,9,11,12,14). The van der Waals surface area contributed by atoms with Crippen LogP contribution in [0.2, 0.25) is 0 Å². The molecule has 0 aromatic carbocycles. The van der Waals surface area contributed by atoms with Gasteiger partial charge in [-0.1, -0.05) is 0 Å². The van der Waals surface area contributed by atoms with Gasteiger partial charge in [-0.3, -0.25) is 14.8 Å². The van der Waals surface area contributed by atoms with Crippen LogP contribution in [0.1, 0.15) is 10.5 Å². The van der Waals surface area contributed by atoms with E-state index < -0.39 is 0 Å². The average Bonchev–Trinajstić information content (AvgIpc) is 2.75. The minimum atomic E-state index is -0.276. The van der Waals surface area contributed by atoms with Crippen molar-refractivity contribution in [3.8, 4) is 0 Å². The van der Waals surface area contributed by atoms with Crippen molar-refractivity contribution in [3.05, 3.63) is 24.3 Å². The van der Waals surface area contributed by atoms with Crippen LogP contribution in [0.4, 0.5) is 5.95 Å². The number of nitrogens with one attached hydrogen (secondary N) is 2. The number of hydrogen-bond donors (Lipinski definition) is 2. The highest BCUT2D eigenvalue weighted by atomic mass is 16.2. The third kappa shape index (κ3) is 1.47. The molecular formula is C7H8N6O. The lowest BCUT2D eigenvalue weighted by Crippen LogP contribution is -2.16. The van der Waals surface area contributed by atoms with Crippen LogP contribution in [-0.2, 0) is 7.05 Å². The van der Waals surface area contributed by atoms with Crippen LogP contribution < -0.4 is 5.32 Å². The number of H-pyrrole nitrogens is 1. The number of aryl methyl sites for hydroxylation is 1. The van der Waals surface area contributed by atoms with Crippen molar-refractivity contribution < 1.29 is 4.79 Å². The predicted octanol–water partition coefficient (Wildman–Crippen LogP) is -0.210. The Kier molecular flexibility index (Phi) is 1.98. The fourth-order valence-corrected chi connectivity index (χ4v) is 1.03. The summed E-state index contributed by atoms with van der Waals surface area (Å²) in [4.78, 5) is 15.3. The highest BCUT2D eigenvalue weighted by molar-refractivity contribution is 6.01. The van der Waals surface area contributed by atoms with Gasteiger partial charge in [0.1, 0.15) is 12.0 Å². The van der Waals surface area contributed by atoms with Gasteiger partial charge in [0.2, 0.25) is 5.95 Å². The molecule has 2 N–H and O–H groups in total.